The Morgan fingerprint density at radius 2 is 2.44 bits per heavy atom. The molecule has 0 radical (unpaired) electrons. The minimum Gasteiger partial charge on any atom is -0.352 e. The highest BCUT2D eigenvalue weighted by atomic mass is 32.1. The Bertz CT molecular complexity index is 93.8. The number of hydrogen-bond donors (Lipinski definition) is 4. The number of carbonyl (C=O) groups is 1. The number of thiol groups is 1. The molecule has 0 bridgehead atoms. The Balaban J connectivity index is 3.43. The fourth-order valence-corrected chi connectivity index (χ4v) is 0.655. The fourth-order valence-electron chi connectivity index (χ4n) is 0.381. The highest BCUT2D eigenvalue weighted by Gasteiger charge is 2.02. The molecule has 0 rings (SSSR count). The second-order valence-electron chi connectivity index (χ2n) is 1.53. The highest BCUT2D eigenvalue weighted by Crippen LogP contribution is 1.79. The van der Waals surface area contributed by atoms with Crippen molar-refractivity contribution in [2.75, 3.05) is 12.8 Å². The third-order valence-corrected chi connectivity index (χ3v) is 1.21. The summed E-state index contributed by atoms with van der Waals surface area (Å²) in [6, 6.07) is -0.539. The molecule has 0 fully saturated rings. The molecule has 0 aliphatic carbocycles. The lowest BCUT2D eigenvalue weighted by Crippen LogP contribution is -2.47. The Morgan fingerprint density at radius 3 is 2.56 bits per heavy atom. The summed E-state index contributed by atoms with van der Waals surface area (Å²) in [5.74, 6) is 0.527. The van der Waals surface area contributed by atoms with Crippen molar-refractivity contribution in [2.24, 2.45) is 5.73 Å². The van der Waals surface area contributed by atoms with Crippen LogP contribution in [0, 0.1) is 0 Å². The third-order valence-electron chi connectivity index (χ3n) is 0.848. The van der Waals surface area contributed by atoms with Crippen LogP contribution in [-0.4, -0.2) is 25.0 Å². The van der Waals surface area contributed by atoms with Gasteiger partial charge in [0.05, 0.1) is 6.17 Å². The summed E-state index contributed by atoms with van der Waals surface area (Å²) in [4.78, 5) is 10.2. The van der Waals surface area contributed by atoms with E-state index in [9.17, 15) is 4.79 Å². The molecule has 9 heavy (non-hydrogen) atoms. The monoisotopic (exact) mass is 149 g/mol. The predicted molar refractivity (Wildman–Crippen MR) is 39.4 cm³/mol. The third kappa shape index (κ3) is 4.11. The minimum atomic E-state index is -0.539. The molecular formula is C4H11N3OS. The molecule has 4 N–H and O–H groups in total. The van der Waals surface area contributed by atoms with E-state index in [-0.39, 0.29) is 6.17 Å². The normalized spacial score (nSPS) is 12.7. The lowest BCUT2D eigenvalue weighted by molar-refractivity contribution is 0.245. The number of primary amides is 1. The van der Waals surface area contributed by atoms with Crippen molar-refractivity contribution < 1.29 is 4.79 Å². The van der Waals surface area contributed by atoms with Crippen LogP contribution in [0.5, 0.6) is 0 Å². The molecule has 54 valence electrons. The molecule has 0 aromatic rings. The first kappa shape index (κ1) is 8.58. The maximum atomic E-state index is 10.2. The Labute approximate surface area is 59.6 Å². The number of nitrogens with two attached hydrogens (primary N) is 1. The van der Waals surface area contributed by atoms with E-state index < -0.39 is 6.03 Å². The SMILES string of the molecule is CNC(CS)NC(N)=O. The lowest BCUT2D eigenvalue weighted by atomic mass is 10.5. The van der Waals surface area contributed by atoms with E-state index in [1.54, 1.807) is 7.05 Å². The molecule has 4 nitrogen and oxygen atoms in total. The Kier molecular flexibility index (Phi) is 4.25. The second kappa shape index (κ2) is 4.46. The van der Waals surface area contributed by atoms with Crippen LogP contribution in [0.15, 0.2) is 0 Å². The quantitative estimate of drug-likeness (QED) is 0.311. The van der Waals surface area contributed by atoms with Crippen molar-refractivity contribution in [2.45, 2.75) is 6.17 Å². The average molecular weight is 149 g/mol. The van der Waals surface area contributed by atoms with Gasteiger partial charge in [-0.1, -0.05) is 0 Å². The predicted octanol–water partition coefficient (Wildman–Crippen LogP) is -0.870. The summed E-state index contributed by atoms with van der Waals surface area (Å²) in [5, 5.41) is 5.23. The van der Waals surface area contributed by atoms with Crippen LogP contribution in [-0.2, 0) is 0 Å². The average Bonchev–Trinajstić information content (AvgIpc) is 1.82. The second-order valence-corrected chi connectivity index (χ2v) is 1.90. The van der Waals surface area contributed by atoms with Crippen LogP contribution in [0.25, 0.3) is 0 Å². The molecule has 0 spiro atoms. The van der Waals surface area contributed by atoms with E-state index >= 15 is 0 Å². The van der Waals surface area contributed by atoms with Crippen molar-refractivity contribution in [3.05, 3.63) is 0 Å². The van der Waals surface area contributed by atoms with E-state index in [2.05, 4.69) is 23.3 Å². The first-order valence-electron chi connectivity index (χ1n) is 2.54. The lowest BCUT2D eigenvalue weighted by Gasteiger charge is -2.12. The number of urea groups is 1. The first-order chi connectivity index (χ1) is 4.20. The Morgan fingerprint density at radius 1 is 1.89 bits per heavy atom. The van der Waals surface area contributed by atoms with Gasteiger partial charge in [-0.15, -0.1) is 0 Å². The van der Waals surface area contributed by atoms with E-state index in [1.807, 2.05) is 0 Å². The summed E-state index contributed by atoms with van der Waals surface area (Å²) in [6.07, 6.45) is -0.133. The minimum absolute atomic E-state index is 0.133. The van der Waals surface area contributed by atoms with Crippen LogP contribution in [0.3, 0.4) is 0 Å². The number of carbonyl (C=O) groups excluding carboxylic acids is 1. The molecule has 0 heterocycles. The van der Waals surface area contributed by atoms with Gasteiger partial charge in [-0.2, -0.15) is 12.6 Å². The van der Waals surface area contributed by atoms with Crippen LogP contribution < -0.4 is 16.4 Å². The molecule has 0 aliphatic rings. The van der Waals surface area contributed by atoms with Gasteiger partial charge < -0.3 is 11.1 Å². The molecule has 0 saturated carbocycles. The van der Waals surface area contributed by atoms with Crippen molar-refractivity contribution in [1.29, 1.82) is 0 Å². The zero-order valence-electron chi connectivity index (χ0n) is 5.22. The van der Waals surface area contributed by atoms with Gasteiger partial charge in [0, 0.05) is 5.75 Å². The van der Waals surface area contributed by atoms with Crippen molar-refractivity contribution in [3.8, 4) is 0 Å². The number of amides is 2. The van der Waals surface area contributed by atoms with E-state index in [0.717, 1.165) is 0 Å². The topological polar surface area (TPSA) is 67.2 Å². The maximum absolute atomic E-state index is 10.2. The summed E-state index contributed by atoms with van der Waals surface area (Å²) in [6.45, 7) is 0. The maximum Gasteiger partial charge on any atom is 0.313 e. The van der Waals surface area contributed by atoms with E-state index in [0.29, 0.717) is 5.75 Å². The van der Waals surface area contributed by atoms with Gasteiger partial charge in [0.25, 0.3) is 0 Å². The summed E-state index contributed by atoms with van der Waals surface area (Å²) >= 11 is 3.94. The number of rotatable bonds is 3. The van der Waals surface area contributed by atoms with Crippen molar-refractivity contribution in [1.82, 2.24) is 10.6 Å². The number of nitrogens with one attached hydrogen (secondary N) is 2. The van der Waals surface area contributed by atoms with E-state index in [4.69, 9.17) is 5.73 Å². The smallest absolute Gasteiger partial charge is 0.313 e. The van der Waals surface area contributed by atoms with Gasteiger partial charge in [0.15, 0.2) is 0 Å². The molecule has 2 amide bonds. The van der Waals surface area contributed by atoms with Crippen LogP contribution in [0.1, 0.15) is 0 Å². The highest BCUT2D eigenvalue weighted by molar-refractivity contribution is 7.80. The van der Waals surface area contributed by atoms with Crippen LogP contribution in [0.2, 0.25) is 0 Å². The van der Waals surface area contributed by atoms with E-state index in [1.165, 1.54) is 0 Å². The molecule has 0 aliphatic heterocycles. The summed E-state index contributed by atoms with van der Waals surface area (Å²) in [5.41, 5.74) is 4.82. The van der Waals surface area contributed by atoms with Crippen molar-refractivity contribution >= 4 is 18.7 Å². The Hall–Kier alpha value is -0.420. The van der Waals surface area contributed by atoms with Crippen LogP contribution >= 0.6 is 12.6 Å². The number of hydrogen-bond acceptors (Lipinski definition) is 3. The molecule has 0 saturated heterocycles. The van der Waals surface area contributed by atoms with Gasteiger partial charge in [-0.05, 0) is 7.05 Å². The molecular weight excluding hydrogens is 138 g/mol. The molecule has 0 aromatic carbocycles. The molecule has 1 atom stereocenters. The van der Waals surface area contributed by atoms with Gasteiger partial charge in [-0.25, -0.2) is 4.79 Å². The summed E-state index contributed by atoms with van der Waals surface area (Å²) in [7, 11) is 1.72. The van der Waals surface area contributed by atoms with Gasteiger partial charge in [0.2, 0.25) is 0 Å². The molecule has 5 heteroatoms. The molecule has 1 unspecified atom stereocenters. The fraction of sp³-hybridized carbons (Fsp3) is 0.750. The van der Waals surface area contributed by atoms with Gasteiger partial charge in [-0.3, -0.25) is 5.32 Å². The summed E-state index contributed by atoms with van der Waals surface area (Å²) < 4.78 is 0. The van der Waals surface area contributed by atoms with Gasteiger partial charge >= 0.3 is 6.03 Å². The first-order valence-corrected chi connectivity index (χ1v) is 3.18. The van der Waals surface area contributed by atoms with Crippen molar-refractivity contribution in [3.63, 3.8) is 0 Å². The largest absolute Gasteiger partial charge is 0.352 e. The van der Waals surface area contributed by atoms with Crippen LogP contribution in [0.4, 0.5) is 4.79 Å². The van der Waals surface area contributed by atoms with Gasteiger partial charge in [0.1, 0.15) is 0 Å². The zero-order valence-corrected chi connectivity index (χ0v) is 6.11. The standard InChI is InChI=1S/C4H11N3OS/c1-6-3(2-9)7-4(5)8/h3,6,9H,2H2,1H3,(H3,5,7,8). The molecule has 0 aromatic heterocycles. The zero-order chi connectivity index (χ0) is 7.28.